The van der Waals surface area contributed by atoms with Crippen LogP contribution in [-0.2, 0) is 16.1 Å². The Morgan fingerprint density at radius 2 is 1.92 bits per heavy atom. The van der Waals surface area contributed by atoms with E-state index >= 15 is 0 Å². The predicted octanol–water partition coefficient (Wildman–Crippen LogP) is 3.47. The Morgan fingerprint density at radius 3 is 2.58 bits per heavy atom. The van der Waals surface area contributed by atoms with Crippen LogP contribution in [0.25, 0.3) is 0 Å². The first-order valence-corrected chi connectivity index (χ1v) is 9.48. The Kier molecular flexibility index (Phi) is 5.93. The van der Waals surface area contributed by atoms with Crippen LogP contribution in [-0.4, -0.2) is 40.6 Å². The van der Waals surface area contributed by atoms with Crippen LogP contribution in [0.1, 0.15) is 68.9 Å². The number of amides is 1. The average Bonchev–Trinajstić information content (AvgIpc) is 2.97. The molecule has 1 aliphatic carbocycles. The number of imidazole rings is 1. The Bertz CT molecular complexity index is 541. The van der Waals surface area contributed by atoms with Crippen molar-refractivity contribution in [2.24, 2.45) is 5.92 Å². The van der Waals surface area contributed by atoms with Crippen molar-refractivity contribution >= 4 is 5.91 Å². The Labute approximate surface area is 145 Å². The van der Waals surface area contributed by atoms with E-state index in [1.807, 2.05) is 6.20 Å². The van der Waals surface area contributed by atoms with E-state index in [-0.39, 0.29) is 0 Å². The lowest BCUT2D eigenvalue weighted by molar-refractivity contribution is -0.133. The highest BCUT2D eigenvalue weighted by Gasteiger charge is 2.27. The lowest BCUT2D eigenvalue weighted by atomic mass is 9.86. The maximum atomic E-state index is 12.6. The maximum absolute atomic E-state index is 12.6. The standard InChI is InChI=1S/C19H31N3O2/c1-15-13-20-18(14-24-2)22(15)17-8-10-21(11-9-17)19(23)12-16-6-4-3-5-7-16/h13,16-17H,3-12,14H2,1-2H3. The van der Waals surface area contributed by atoms with Gasteiger partial charge >= 0.3 is 0 Å². The van der Waals surface area contributed by atoms with Gasteiger partial charge in [0.2, 0.25) is 5.91 Å². The zero-order chi connectivity index (χ0) is 16.9. The van der Waals surface area contributed by atoms with Gasteiger partial charge in [-0.2, -0.15) is 0 Å². The highest BCUT2D eigenvalue weighted by atomic mass is 16.5. The first-order valence-electron chi connectivity index (χ1n) is 9.48. The molecule has 2 aliphatic rings. The van der Waals surface area contributed by atoms with Crippen LogP contribution in [0.2, 0.25) is 0 Å². The number of ether oxygens (including phenoxy) is 1. The van der Waals surface area contributed by atoms with Crippen LogP contribution in [0, 0.1) is 12.8 Å². The number of nitrogens with zero attached hydrogens (tertiary/aromatic N) is 3. The third-order valence-corrected chi connectivity index (χ3v) is 5.70. The first-order chi connectivity index (χ1) is 11.7. The molecule has 1 amide bonds. The molecule has 0 aromatic carbocycles. The summed E-state index contributed by atoms with van der Waals surface area (Å²) in [5.74, 6) is 2.01. The molecule has 0 unspecified atom stereocenters. The molecule has 0 radical (unpaired) electrons. The number of piperidine rings is 1. The van der Waals surface area contributed by atoms with Crippen LogP contribution < -0.4 is 0 Å². The minimum absolute atomic E-state index is 0.375. The zero-order valence-electron chi connectivity index (χ0n) is 15.2. The number of methoxy groups -OCH3 is 1. The fourth-order valence-electron chi connectivity index (χ4n) is 4.37. The predicted molar refractivity (Wildman–Crippen MR) is 93.7 cm³/mol. The number of rotatable bonds is 5. The fraction of sp³-hybridized carbons (Fsp3) is 0.789. The second-order valence-electron chi connectivity index (χ2n) is 7.44. The summed E-state index contributed by atoms with van der Waals surface area (Å²) in [6, 6.07) is 0.441. The molecule has 1 aliphatic heterocycles. The summed E-state index contributed by atoms with van der Waals surface area (Å²) < 4.78 is 7.58. The molecule has 134 valence electrons. The van der Waals surface area contributed by atoms with Crippen LogP contribution in [0.5, 0.6) is 0 Å². The van der Waals surface area contributed by atoms with E-state index in [9.17, 15) is 4.79 Å². The molecule has 0 bridgehead atoms. The van der Waals surface area contributed by atoms with Gasteiger partial charge in [0.1, 0.15) is 12.4 Å². The molecular weight excluding hydrogens is 302 g/mol. The number of carbonyl (C=O) groups is 1. The summed E-state index contributed by atoms with van der Waals surface area (Å²) in [6.45, 7) is 4.40. The smallest absolute Gasteiger partial charge is 0.222 e. The lowest BCUT2D eigenvalue weighted by Crippen LogP contribution is -2.40. The summed E-state index contributed by atoms with van der Waals surface area (Å²) in [6.07, 6.45) is 11.2. The molecule has 2 heterocycles. The highest BCUT2D eigenvalue weighted by molar-refractivity contribution is 5.76. The fourth-order valence-corrected chi connectivity index (χ4v) is 4.37. The Hall–Kier alpha value is -1.36. The van der Waals surface area contributed by atoms with E-state index in [1.54, 1.807) is 7.11 Å². The van der Waals surface area contributed by atoms with Crippen molar-refractivity contribution in [1.82, 2.24) is 14.5 Å². The number of aryl methyl sites for hydroxylation is 1. The number of likely N-dealkylation sites (tertiary alicyclic amines) is 1. The molecule has 1 saturated carbocycles. The Balaban J connectivity index is 1.53. The maximum Gasteiger partial charge on any atom is 0.222 e. The van der Waals surface area contributed by atoms with E-state index in [4.69, 9.17) is 4.74 Å². The van der Waals surface area contributed by atoms with Crippen molar-refractivity contribution in [2.75, 3.05) is 20.2 Å². The summed E-state index contributed by atoms with van der Waals surface area (Å²) in [5, 5.41) is 0. The van der Waals surface area contributed by atoms with E-state index in [0.29, 0.717) is 24.5 Å². The van der Waals surface area contributed by atoms with Gasteiger partial charge in [-0.1, -0.05) is 19.3 Å². The summed E-state index contributed by atoms with van der Waals surface area (Å²) >= 11 is 0. The van der Waals surface area contributed by atoms with Crippen molar-refractivity contribution < 1.29 is 9.53 Å². The summed E-state index contributed by atoms with van der Waals surface area (Å²) in [7, 11) is 1.71. The van der Waals surface area contributed by atoms with Gasteiger partial charge in [-0.3, -0.25) is 4.79 Å². The van der Waals surface area contributed by atoms with E-state index in [0.717, 1.165) is 38.2 Å². The molecule has 0 N–H and O–H groups in total. The second-order valence-corrected chi connectivity index (χ2v) is 7.44. The third-order valence-electron chi connectivity index (χ3n) is 5.70. The Morgan fingerprint density at radius 1 is 1.21 bits per heavy atom. The summed E-state index contributed by atoms with van der Waals surface area (Å²) in [4.78, 5) is 19.1. The van der Waals surface area contributed by atoms with Gasteiger partial charge in [-0.15, -0.1) is 0 Å². The van der Waals surface area contributed by atoms with Gasteiger partial charge in [0, 0.05) is 44.6 Å². The van der Waals surface area contributed by atoms with E-state index in [1.165, 1.54) is 37.8 Å². The molecule has 24 heavy (non-hydrogen) atoms. The van der Waals surface area contributed by atoms with E-state index < -0.39 is 0 Å². The molecule has 1 saturated heterocycles. The molecule has 5 nitrogen and oxygen atoms in total. The quantitative estimate of drug-likeness (QED) is 0.829. The zero-order valence-corrected chi connectivity index (χ0v) is 15.2. The number of carbonyl (C=O) groups excluding carboxylic acids is 1. The van der Waals surface area contributed by atoms with Crippen molar-refractivity contribution in [2.45, 2.75) is 70.9 Å². The second kappa shape index (κ2) is 8.15. The van der Waals surface area contributed by atoms with Gasteiger partial charge in [-0.05, 0) is 38.5 Å². The molecule has 3 rings (SSSR count). The molecule has 1 aromatic rings. The number of aromatic nitrogens is 2. The average molecular weight is 333 g/mol. The normalized spacial score (nSPS) is 20.5. The molecular formula is C19H31N3O2. The molecule has 5 heteroatoms. The van der Waals surface area contributed by atoms with Crippen LogP contribution in [0.4, 0.5) is 0 Å². The van der Waals surface area contributed by atoms with Crippen LogP contribution >= 0.6 is 0 Å². The van der Waals surface area contributed by atoms with Crippen molar-refractivity contribution in [3.8, 4) is 0 Å². The van der Waals surface area contributed by atoms with Gasteiger partial charge in [0.25, 0.3) is 0 Å². The van der Waals surface area contributed by atoms with Gasteiger partial charge < -0.3 is 14.2 Å². The molecule has 0 spiro atoms. The first kappa shape index (κ1) is 17.5. The molecule has 2 fully saturated rings. The monoisotopic (exact) mass is 333 g/mol. The van der Waals surface area contributed by atoms with Gasteiger partial charge in [-0.25, -0.2) is 4.98 Å². The van der Waals surface area contributed by atoms with Crippen LogP contribution in [0.15, 0.2) is 6.20 Å². The summed E-state index contributed by atoms with van der Waals surface area (Å²) in [5.41, 5.74) is 1.19. The van der Waals surface area contributed by atoms with Gasteiger partial charge in [0.05, 0.1) is 0 Å². The topological polar surface area (TPSA) is 47.4 Å². The van der Waals surface area contributed by atoms with Crippen molar-refractivity contribution in [3.63, 3.8) is 0 Å². The van der Waals surface area contributed by atoms with Crippen molar-refractivity contribution in [1.29, 1.82) is 0 Å². The highest BCUT2D eigenvalue weighted by Crippen LogP contribution is 2.29. The van der Waals surface area contributed by atoms with Crippen LogP contribution in [0.3, 0.4) is 0 Å². The lowest BCUT2D eigenvalue weighted by Gasteiger charge is -2.35. The molecule has 0 atom stereocenters. The van der Waals surface area contributed by atoms with Crippen molar-refractivity contribution in [3.05, 3.63) is 17.7 Å². The number of hydrogen-bond donors (Lipinski definition) is 0. The minimum Gasteiger partial charge on any atom is -0.377 e. The van der Waals surface area contributed by atoms with E-state index in [2.05, 4.69) is 21.4 Å². The van der Waals surface area contributed by atoms with Gasteiger partial charge in [0.15, 0.2) is 0 Å². The minimum atomic E-state index is 0.375. The largest absolute Gasteiger partial charge is 0.377 e. The number of hydrogen-bond acceptors (Lipinski definition) is 3. The third kappa shape index (κ3) is 4.00. The SMILES string of the molecule is COCc1ncc(C)n1C1CCN(C(=O)CC2CCCCC2)CC1. The molecule has 1 aromatic heterocycles.